The first-order valence-electron chi connectivity index (χ1n) is 8.62. The highest BCUT2D eigenvalue weighted by Gasteiger charge is 2.13. The van der Waals surface area contributed by atoms with Crippen molar-refractivity contribution in [1.29, 1.82) is 0 Å². The summed E-state index contributed by atoms with van der Waals surface area (Å²) >= 11 is 0. The fraction of sp³-hybridized carbons (Fsp3) is 0.286. The summed E-state index contributed by atoms with van der Waals surface area (Å²) in [5, 5.41) is 0. The highest BCUT2D eigenvalue weighted by atomic mass is 16.5. The molecule has 0 radical (unpaired) electrons. The van der Waals surface area contributed by atoms with Crippen LogP contribution in [0.4, 0.5) is 0 Å². The van der Waals surface area contributed by atoms with Crippen molar-refractivity contribution in [2.45, 2.75) is 19.8 Å². The van der Waals surface area contributed by atoms with Gasteiger partial charge in [-0.25, -0.2) is 0 Å². The molecule has 2 aromatic rings. The van der Waals surface area contributed by atoms with Crippen molar-refractivity contribution in [2.24, 2.45) is 0 Å². The second kappa shape index (κ2) is 10.1. The molecule has 0 saturated carbocycles. The largest absolute Gasteiger partial charge is 0.497 e. The lowest BCUT2D eigenvalue weighted by Crippen LogP contribution is -2.15. The van der Waals surface area contributed by atoms with Crippen molar-refractivity contribution >= 4 is 17.5 Å². The van der Waals surface area contributed by atoms with Gasteiger partial charge < -0.3 is 14.2 Å². The second-order valence-corrected chi connectivity index (χ2v) is 5.69. The molecular weight excluding hydrogens is 348 g/mol. The van der Waals surface area contributed by atoms with Crippen LogP contribution in [0.1, 0.15) is 40.5 Å². The summed E-state index contributed by atoms with van der Waals surface area (Å²) in [6, 6.07) is 13.3. The zero-order valence-electron chi connectivity index (χ0n) is 15.4. The summed E-state index contributed by atoms with van der Waals surface area (Å²) in [5.74, 6) is 0.248. The topological polar surface area (TPSA) is 78.9 Å². The third-order valence-corrected chi connectivity index (χ3v) is 3.82. The van der Waals surface area contributed by atoms with Gasteiger partial charge in [0.1, 0.15) is 11.5 Å². The lowest BCUT2D eigenvalue weighted by molar-refractivity contribution is -0.142. The third-order valence-electron chi connectivity index (χ3n) is 3.82. The Labute approximate surface area is 158 Å². The minimum atomic E-state index is -0.587. The lowest BCUT2D eigenvalue weighted by Gasteiger charge is -2.06. The van der Waals surface area contributed by atoms with Gasteiger partial charge in [0, 0.05) is 17.5 Å². The van der Waals surface area contributed by atoms with Gasteiger partial charge in [0.2, 0.25) is 0 Å². The number of hydrogen-bond donors (Lipinski definition) is 0. The van der Waals surface area contributed by atoms with E-state index in [-0.39, 0.29) is 31.0 Å². The Hall–Kier alpha value is -3.15. The highest BCUT2D eigenvalue weighted by Crippen LogP contribution is 2.14. The molecule has 0 fully saturated rings. The number of benzene rings is 2. The zero-order chi connectivity index (χ0) is 19.6. The van der Waals surface area contributed by atoms with Crippen molar-refractivity contribution in [3.8, 4) is 11.5 Å². The zero-order valence-corrected chi connectivity index (χ0v) is 15.4. The molecule has 0 aromatic heterocycles. The van der Waals surface area contributed by atoms with Crippen LogP contribution >= 0.6 is 0 Å². The summed E-state index contributed by atoms with van der Waals surface area (Å²) < 4.78 is 15.3. The van der Waals surface area contributed by atoms with Crippen LogP contribution in [0.3, 0.4) is 0 Å². The number of ether oxygens (including phenoxy) is 3. The molecule has 2 rings (SSSR count). The van der Waals surface area contributed by atoms with Gasteiger partial charge in [-0.2, -0.15) is 0 Å². The number of rotatable bonds is 10. The van der Waals surface area contributed by atoms with Crippen LogP contribution < -0.4 is 9.47 Å². The van der Waals surface area contributed by atoms with Crippen LogP contribution in [-0.4, -0.2) is 37.9 Å². The Balaban J connectivity index is 1.76. The number of hydrogen-bond acceptors (Lipinski definition) is 6. The van der Waals surface area contributed by atoms with Crippen LogP contribution in [0.15, 0.2) is 48.5 Å². The summed E-state index contributed by atoms with van der Waals surface area (Å²) in [5.41, 5.74) is 0.926. The lowest BCUT2D eigenvalue weighted by atomic mass is 10.1. The van der Waals surface area contributed by atoms with Gasteiger partial charge >= 0.3 is 5.97 Å². The van der Waals surface area contributed by atoms with E-state index >= 15 is 0 Å². The van der Waals surface area contributed by atoms with Gasteiger partial charge in [-0.3, -0.25) is 14.4 Å². The first-order valence-corrected chi connectivity index (χ1v) is 8.62. The van der Waals surface area contributed by atoms with Crippen LogP contribution in [-0.2, 0) is 9.53 Å². The van der Waals surface area contributed by atoms with Crippen molar-refractivity contribution in [2.75, 3.05) is 20.3 Å². The summed E-state index contributed by atoms with van der Waals surface area (Å²) in [4.78, 5) is 35.9. The van der Waals surface area contributed by atoms with E-state index in [4.69, 9.17) is 14.2 Å². The van der Waals surface area contributed by atoms with Crippen LogP contribution in [0.2, 0.25) is 0 Å². The number of carbonyl (C=O) groups excluding carboxylic acids is 3. The molecule has 0 amide bonds. The molecule has 0 unspecified atom stereocenters. The Morgan fingerprint density at radius 2 is 1.33 bits per heavy atom. The van der Waals surface area contributed by atoms with Gasteiger partial charge in [-0.05, 0) is 55.5 Å². The monoisotopic (exact) mass is 370 g/mol. The maximum atomic E-state index is 12.1. The smallest absolute Gasteiger partial charge is 0.306 e. The fourth-order valence-electron chi connectivity index (χ4n) is 2.34. The molecule has 142 valence electrons. The van der Waals surface area contributed by atoms with Gasteiger partial charge in [-0.1, -0.05) is 0 Å². The normalized spacial score (nSPS) is 10.1. The van der Waals surface area contributed by atoms with Gasteiger partial charge in [-0.15, -0.1) is 0 Å². The van der Waals surface area contributed by atoms with E-state index < -0.39 is 5.97 Å². The molecule has 0 aliphatic heterocycles. The Morgan fingerprint density at radius 3 is 1.89 bits per heavy atom. The predicted octanol–water partition coefficient (Wildman–Crippen LogP) is 3.48. The van der Waals surface area contributed by atoms with Gasteiger partial charge in [0.25, 0.3) is 0 Å². The van der Waals surface area contributed by atoms with Crippen molar-refractivity contribution < 1.29 is 28.6 Å². The standard InChI is InChI=1S/C21H22O6/c1-3-26-18-10-6-16(7-11-18)20(23)14-27-21(24)13-12-19(22)15-4-8-17(25-2)9-5-15/h4-11H,3,12-14H2,1-2H3. The Bertz CT molecular complexity index is 777. The first kappa shape index (κ1) is 20.2. The second-order valence-electron chi connectivity index (χ2n) is 5.69. The van der Waals surface area contributed by atoms with Crippen molar-refractivity contribution in [3.63, 3.8) is 0 Å². The van der Waals surface area contributed by atoms with E-state index in [1.54, 1.807) is 55.6 Å². The maximum Gasteiger partial charge on any atom is 0.306 e. The molecule has 0 atom stereocenters. The van der Waals surface area contributed by atoms with Crippen LogP contribution in [0.5, 0.6) is 11.5 Å². The van der Waals surface area contributed by atoms with Crippen LogP contribution in [0, 0.1) is 0 Å². The molecule has 0 aliphatic carbocycles. The molecule has 0 saturated heterocycles. The van der Waals surface area contributed by atoms with E-state index in [0.29, 0.717) is 29.2 Å². The molecule has 0 bridgehead atoms. The number of carbonyl (C=O) groups is 3. The third kappa shape index (κ3) is 6.26. The summed E-state index contributed by atoms with van der Waals surface area (Å²) in [6.07, 6.45) is -0.0656. The van der Waals surface area contributed by atoms with E-state index in [0.717, 1.165) is 0 Å². The van der Waals surface area contributed by atoms with E-state index in [1.165, 1.54) is 0 Å². The van der Waals surface area contributed by atoms with E-state index in [2.05, 4.69) is 0 Å². The van der Waals surface area contributed by atoms with Crippen molar-refractivity contribution in [1.82, 2.24) is 0 Å². The number of methoxy groups -OCH3 is 1. The first-order chi connectivity index (χ1) is 13.0. The number of Topliss-reactive ketones (excluding diaryl/α,β-unsaturated/α-hetero) is 2. The molecule has 0 aliphatic rings. The predicted molar refractivity (Wildman–Crippen MR) is 99.5 cm³/mol. The quantitative estimate of drug-likeness (QED) is 0.471. The van der Waals surface area contributed by atoms with Crippen molar-refractivity contribution in [3.05, 3.63) is 59.7 Å². The highest BCUT2D eigenvalue weighted by molar-refractivity contribution is 5.99. The molecular formula is C21H22O6. The fourth-order valence-corrected chi connectivity index (χ4v) is 2.34. The Kier molecular flexibility index (Phi) is 7.55. The number of esters is 1. The molecule has 0 spiro atoms. The minimum absolute atomic E-state index is 0.0163. The summed E-state index contributed by atoms with van der Waals surface area (Å²) in [7, 11) is 1.54. The molecule has 2 aromatic carbocycles. The molecule has 0 N–H and O–H groups in total. The maximum absolute atomic E-state index is 12.1. The molecule has 27 heavy (non-hydrogen) atoms. The average molecular weight is 370 g/mol. The van der Waals surface area contributed by atoms with Gasteiger partial charge in [0.15, 0.2) is 18.2 Å². The molecule has 6 nitrogen and oxygen atoms in total. The van der Waals surface area contributed by atoms with E-state index in [9.17, 15) is 14.4 Å². The van der Waals surface area contributed by atoms with E-state index in [1.807, 2.05) is 6.92 Å². The SMILES string of the molecule is CCOc1ccc(C(=O)COC(=O)CCC(=O)c2ccc(OC)cc2)cc1. The van der Waals surface area contributed by atoms with Crippen LogP contribution in [0.25, 0.3) is 0 Å². The Morgan fingerprint density at radius 1 is 0.778 bits per heavy atom. The number of ketones is 2. The molecule has 6 heteroatoms. The minimum Gasteiger partial charge on any atom is -0.497 e. The average Bonchev–Trinajstić information content (AvgIpc) is 2.71. The molecule has 0 heterocycles. The van der Waals surface area contributed by atoms with Gasteiger partial charge in [0.05, 0.1) is 20.1 Å². The summed E-state index contributed by atoms with van der Waals surface area (Å²) in [6.45, 7) is 2.06.